The first-order chi connectivity index (χ1) is 15.4. The number of carboxylic acid groups (broad SMARTS) is 1. The van der Waals surface area contributed by atoms with Gasteiger partial charge in [0.2, 0.25) is 0 Å². The lowest BCUT2D eigenvalue weighted by molar-refractivity contribution is -0.136. The number of carboxylic acids is 1. The van der Waals surface area contributed by atoms with E-state index in [2.05, 4.69) is 43.4 Å². The summed E-state index contributed by atoms with van der Waals surface area (Å²) in [5, 5.41) is 13.3. The molecule has 0 aliphatic carbocycles. The molecule has 162 valence electrons. The minimum atomic E-state index is -0.969. The summed E-state index contributed by atoms with van der Waals surface area (Å²) in [6.45, 7) is 4.77. The number of carbonyl (C=O) groups excluding carboxylic acids is 1. The number of aromatic nitrogens is 1. The fraction of sp³-hybridized carbons (Fsp3) is 0.185. The summed E-state index contributed by atoms with van der Waals surface area (Å²) in [6, 6.07) is 25.1. The maximum atomic E-state index is 13.4. The molecule has 2 N–H and O–H groups in total. The lowest BCUT2D eigenvalue weighted by atomic mass is 10.0. The fourth-order valence-corrected chi connectivity index (χ4v) is 4.03. The van der Waals surface area contributed by atoms with Gasteiger partial charge in [-0.3, -0.25) is 9.59 Å². The second-order valence-corrected chi connectivity index (χ2v) is 8.22. The van der Waals surface area contributed by atoms with Crippen LogP contribution in [0.4, 0.5) is 5.69 Å². The van der Waals surface area contributed by atoms with Crippen molar-refractivity contribution in [2.75, 3.05) is 5.32 Å². The van der Waals surface area contributed by atoms with E-state index >= 15 is 0 Å². The topological polar surface area (TPSA) is 71.3 Å². The van der Waals surface area contributed by atoms with E-state index in [1.54, 1.807) is 0 Å². The van der Waals surface area contributed by atoms with Crippen LogP contribution in [0.3, 0.4) is 0 Å². The van der Waals surface area contributed by atoms with Crippen LogP contribution in [0.5, 0.6) is 0 Å². The van der Waals surface area contributed by atoms with Crippen molar-refractivity contribution < 1.29 is 14.7 Å². The van der Waals surface area contributed by atoms with E-state index in [1.165, 1.54) is 5.56 Å². The third kappa shape index (κ3) is 4.42. The van der Waals surface area contributed by atoms with Crippen molar-refractivity contribution in [1.29, 1.82) is 0 Å². The van der Waals surface area contributed by atoms with Crippen molar-refractivity contribution in [3.63, 3.8) is 0 Å². The average molecular weight is 427 g/mol. The first kappa shape index (κ1) is 21.4. The molecule has 0 aliphatic heterocycles. The van der Waals surface area contributed by atoms with Crippen LogP contribution in [0.1, 0.15) is 46.9 Å². The number of aliphatic carboxylic acids is 1. The van der Waals surface area contributed by atoms with Gasteiger partial charge in [0, 0.05) is 28.7 Å². The summed E-state index contributed by atoms with van der Waals surface area (Å²) in [5.74, 6) is -0.851. The number of hydrogen-bond donors (Lipinski definition) is 2. The second-order valence-electron chi connectivity index (χ2n) is 8.22. The van der Waals surface area contributed by atoms with Crippen LogP contribution < -0.4 is 5.32 Å². The normalized spacial score (nSPS) is 11.1. The number of benzene rings is 3. The van der Waals surface area contributed by atoms with E-state index in [0.29, 0.717) is 29.4 Å². The molecule has 0 unspecified atom stereocenters. The number of amides is 1. The molecule has 3 aromatic carbocycles. The van der Waals surface area contributed by atoms with E-state index in [9.17, 15) is 14.7 Å². The van der Waals surface area contributed by atoms with Crippen LogP contribution in [0.15, 0.2) is 78.9 Å². The third-order valence-electron chi connectivity index (χ3n) is 5.64. The summed E-state index contributed by atoms with van der Waals surface area (Å²) in [6.07, 6.45) is -0.225. The van der Waals surface area contributed by atoms with E-state index in [-0.39, 0.29) is 12.3 Å². The van der Waals surface area contributed by atoms with Gasteiger partial charge in [0.05, 0.1) is 6.42 Å². The third-order valence-corrected chi connectivity index (χ3v) is 5.64. The predicted molar refractivity (Wildman–Crippen MR) is 127 cm³/mol. The standard InChI is InChI=1S/C27H26N2O3/c1-18(2)20-14-12-19(13-15-20)17-29-24-11-7-6-10-22(24)23(16-25(30)31)26(29)27(32)28-21-8-4-3-5-9-21/h3-15,18H,16-17H2,1-2H3,(H,28,32)(H,30,31). The van der Waals surface area contributed by atoms with Gasteiger partial charge in [-0.1, -0.05) is 74.5 Å². The number of rotatable bonds is 7. The SMILES string of the molecule is CC(C)c1ccc(Cn2c(C(=O)Nc3ccccc3)c(CC(=O)O)c3ccccc32)cc1. The molecule has 0 atom stereocenters. The molecule has 4 aromatic rings. The van der Waals surface area contributed by atoms with Crippen molar-refractivity contribution in [2.45, 2.75) is 32.7 Å². The van der Waals surface area contributed by atoms with E-state index in [4.69, 9.17) is 0 Å². The van der Waals surface area contributed by atoms with Gasteiger partial charge in [-0.15, -0.1) is 0 Å². The zero-order valence-corrected chi connectivity index (χ0v) is 18.2. The highest BCUT2D eigenvalue weighted by atomic mass is 16.4. The lowest BCUT2D eigenvalue weighted by Crippen LogP contribution is -2.20. The first-order valence-electron chi connectivity index (χ1n) is 10.7. The Morgan fingerprint density at radius 3 is 2.22 bits per heavy atom. The van der Waals surface area contributed by atoms with Gasteiger partial charge in [0.15, 0.2) is 0 Å². The average Bonchev–Trinajstić information content (AvgIpc) is 3.07. The highest BCUT2D eigenvalue weighted by Crippen LogP contribution is 2.29. The van der Waals surface area contributed by atoms with Crippen LogP contribution in [0.2, 0.25) is 0 Å². The van der Waals surface area contributed by atoms with Crippen molar-refractivity contribution in [1.82, 2.24) is 4.57 Å². The van der Waals surface area contributed by atoms with Crippen molar-refractivity contribution in [3.8, 4) is 0 Å². The Morgan fingerprint density at radius 2 is 1.56 bits per heavy atom. The minimum absolute atomic E-state index is 0.225. The molecule has 0 saturated heterocycles. The molecular formula is C27H26N2O3. The zero-order chi connectivity index (χ0) is 22.7. The number of hydrogen-bond acceptors (Lipinski definition) is 2. The molecule has 1 amide bonds. The molecule has 1 heterocycles. The van der Waals surface area contributed by atoms with E-state index in [1.807, 2.05) is 59.2 Å². The number of fused-ring (bicyclic) bond motifs is 1. The van der Waals surface area contributed by atoms with Crippen LogP contribution in [-0.2, 0) is 17.8 Å². The molecule has 0 radical (unpaired) electrons. The van der Waals surface area contributed by atoms with Crippen LogP contribution >= 0.6 is 0 Å². The first-order valence-corrected chi connectivity index (χ1v) is 10.7. The molecule has 0 fully saturated rings. The van der Waals surface area contributed by atoms with Gasteiger partial charge in [0.25, 0.3) is 5.91 Å². The highest BCUT2D eigenvalue weighted by Gasteiger charge is 2.24. The molecule has 0 aliphatic rings. The monoisotopic (exact) mass is 426 g/mol. The zero-order valence-electron chi connectivity index (χ0n) is 18.2. The number of nitrogens with one attached hydrogen (secondary N) is 1. The van der Waals surface area contributed by atoms with E-state index in [0.717, 1.165) is 16.5 Å². The molecular weight excluding hydrogens is 400 g/mol. The predicted octanol–water partition coefficient (Wildman–Crippen LogP) is 5.69. The molecule has 32 heavy (non-hydrogen) atoms. The van der Waals surface area contributed by atoms with Crippen molar-refractivity contribution >= 4 is 28.5 Å². The van der Waals surface area contributed by atoms with Crippen LogP contribution in [0.25, 0.3) is 10.9 Å². The molecule has 0 bridgehead atoms. The smallest absolute Gasteiger partial charge is 0.307 e. The lowest BCUT2D eigenvalue weighted by Gasteiger charge is -2.14. The summed E-state index contributed by atoms with van der Waals surface area (Å²) in [5.41, 5.74) is 4.71. The van der Waals surface area contributed by atoms with Gasteiger partial charge in [-0.25, -0.2) is 0 Å². The molecule has 5 heteroatoms. The number of nitrogens with zero attached hydrogens (tertiary/aromatic N) is 1. The Bertz CT molecular complexity index is 1260. The van der Waals surface area contributed by atoms with Crippen LogP contribution in [0, 0.1) is 0 Å². The molecule has 0 saturated carbocycles. The molecule has 1 aromatic heterocycles. The molecule has 4 rings (SSSR count). The summed E-state index contributed by atoms with van der Waals surface area (Å²) >= 11 is 0. The number of carbonyl (C=O) groups is 2. The highest BCUT2D eigenvalue weighted by molar-refractivity contribution is 6.09. The Labute approximate surface area is 187 Å². The Morgan fingerprint density at radius 1 is 0.906 bits per heavy atom. The quantitative estimate of drug-likeness (QED) is 0.399. The minimum Gasteiger partial charge on any atom is -0.481 e. The Kier molecular flexibility index (Phi) is 6.08. The largest absolute Gasteiger partial charge is 0.481 e. The van der Waals surface area contributed by atoms with Crippen molar-refractivity contribution in [3.05, 3.63) is 101 Å². The summed E-state index contributed by atoms with van der Waals surface area (Å²) in [4.78, 5) is 25.1. The number of anilines is 1. The summed E-state index contributed by atoms with van der Waals surface area (Å²) < 4.78 is 1.93. The Hall–Kier alpha value is -3.86. The molecule has 0 spiro atoms. The molecule has 5 nitrogen and oxygen atoms in total. The Balaban J connectivity index is 1.83. The van der Waals surface area contributed by atoms with Crippen molar-refractivity contribution in [2.24, 2.45) is 0 Å². The maximum absolute atomic E-state index is 13.4. The fourth-order valence-electron chi connectivity index (χ4n) is 4.03. The van der Waals surface area contributed by atoms with E-state index < -0.39 is 5.97 Å². The number of para-hydroxylation sites is 2. The van der Waals surface area contributed by atoms with Gasteiger partial charge in [-0.2, -0.15) is 0 Å². The van der Waals surface area contributed by atoms with Gasteiger partial charge >= 0.3 is 5.97 Å². The summed E-state index contributed by atoms with van der Waals surface area (Å²) in [7, 11) is 0. The maximum Gasteiger partial charge on any atom is 0.307 e. The van der Waals surface area contributed by atoms with Crippen LogP contribution in [-0.4, -0.2) is 21.6 Å². The second kappa shape index (κ2) is 9.10. The van der Waals surface area contributed by atoms with Gasteiger partial charge < -0.3 is 15.0 Å². The van der Waals surface area contributed by atoms with Gasteiger partial charge in [0.1, 0.15) is 5.69 Å². The van der Waals surface area contributed by atoms with Gasteiger partial charge in [-0.05, 0) is 35.2 Å².